The highest BCUT2D eigenvalue weighted by Gasteiger charge is 2.48. The van der Waals surface area contributed by atoms with Crippen molar-refractivity contribution in [3.05, 3.63) is 21.3 Å². The lowest BCUT2D eigenvalue weighted by atomic mass is 10.0. The predicted molar refractivity (Wildman–Crippen MR) is 85.3 cm³/mol. The number of hydrogen-bond acceptors (Lipinski definition) is 10. The fraction of sp³-hybridized carbons (Fsp3) is 0.571. The fourth-order valence-electron chi connectivity index (χ4n) is 2.48. The zero-order valence-corrected chi connectivity index (χ0v) is 15.0. The standard InChI is InChI=1S/C14H17N3O8S/c1-6(18)23-9-5-22-13(17-14(26)16-10(21)4-15-17)12(25-8(3)20)11(9)24-7(2)19/h4,9,11-13H,5H2,1-3H3,(H,16,21,26). The van der Waals surface area contributed by atoms with Crippen molar-refractivity contribution in [3.8, 4) is 0 Å². The van der Waals surface area contributed by atoms with Gasteiger partial charge in [0, 0.05) is 20.8 Å². The van der Waals surface area contributed by atoms with Crippen LogP contribution in [0.25, 0.3) is 0 Å². The van der Waals surface area contributed by atoms with Gasteiger partial charge in [-0.2, -0.15) is 5.10 Å². The van der Waals surface area contributed by atoms with Crippen molar-refractivity contribution >= 4 is 30.1 Å². The van der Waals surface area contributed by atoms with Gasteiger partial charge in [0.05, 0.1) is 6.61 Å². The van der Waals surface area contributed by atoms with Gasteiger partial charge in [0.2, 0.25) is 0 Å². The minimum absolute atomic E-state index is 0.0906. The maximum Gasteiger partial charge on any atom is 0.303 e. The highest BCUT2D eigenvalue weighted by molar-refractivity contribution is 7.71. The van der Waals surface area contributed by atoms with Crippen molar-refractivity contribution in [3.63, 3.8) is 0 Å². The minimum atomic E-state index is -1.22. The SMILES string of the molecule is CC(=O)OC1COC(n2ncc(=O)[nH]c2=S)C(OC(C)=O)C1OC(C)=O. The molecule has 1 saturated heterocycles. The average molecular weight is 387 g/mol. The Morgan fingerprint density at radius 3 is 2.27 bits per heavy atom. The molecule has 4 atom stereocenters. The molecular formula is C14H17N3O8S. The molecule has 1 aliphatic rings. The van der Waals surface area contributed by atoms with E-state index in [0.717, 1.165) is 24.7 Å². The van der Waals surface area contributed by atoms with Crippen molar-refractivity contribution < 1.29 is 33.3 Å². The lowest BCUT2D eigenvalue weighted by Gasteiger charge is -2.40. The van der Waals surface area contributed by atoms with E-state index in [1.165, 1.54) is 6.92 Å². The number of nitrogens with one attached hydrogen (secondary N) is 1. The molecule has 0 bridgehead atoms. The van der Waals surface area contributed by atoms with Crippen LogP contribution in [0.3, 0.4) is 0 Å². The van der Waals surface area contributed by atoms with Gasteiger partial charge in [0.25, 0.3) is 5.56 Å². The summed E-state index contributed by atoms with van der Waals surface area (Å²) in [5.74, 6) is -2.00. The lowest BCUT2D eigenvalue weighted by Crippen LogP contribution is -2.56. The van der Waals surface area contributed by atoms with Gasteiger partial charge in [0.1, 0.15) is 6.20 Å². The molecule has 0 saturated carbocycles. The third kappa shape index (κ3) is 4.73. The van der Waals surface area contributed by atoms with Crippen molar-refractivity contribution in [2.45, 2.75) is 45.3 Å². The molecule has 0 aromatic carbocycles. The van der Waals surface area contributed by atoms with Crippen molar-refractivity contribution in [2.24, 2.45) is 0 Å². The first kappa shape index (κ1) is 19.7. The van der Waals surface area contributed by atoms with Crippen LogP contribution in [0.2, 0.25) is 0 Å². The normalized spacial score (nSPS) is 25.2. The zero-order valence-electron chi connectivity index (χ0n) is 14.2. The molecule has 142 valence electrons. The summed E-state index contributed by atoms with van der Waals surface area (Å²) in [4.78, 5) is 48.0. The summed E-state index contributed by atoms with van der Waals surface area (Å²) in [6.07, 6.45) is -3.54. The number of carbonyl (C=O) groups is 3. The number of carbonyl (C=O) groups excluding carboxylic acids is 3. The Hall–Kier alpha value is -2.60. The van der Waals surface area contributed by atoms with Crippen LogP contribution in [0.4, 0.5) is 0 Å². The van der Waals surface area contributed by atoms with Crippen LogP contribution >= 0.6 is 12.2 Å². The summed E-state index contributed by atoms with van der Waals surface area (Å²) in [6, 6.07) is 0. The van der Waals surface area contributed by atoms with E-state index in [1.807, 2.05) is 0 Å². The number of H-pyrrole nitrogens is 1. The van der Waals surface area contributed by atoms with Gasteiger partial charge in [-0.3, -0.25) is 24.2 Å². The second kappa shape index (κ2) is 8.19. The molecule has 2 rings (SSSR count). The third-order valence-corrected chi connectivity index (χ3v) is 3.59. The third-order valence-electron chi connectivity index (χ3n) is 3.30. The number of aromatic amines is 1. The Bertz CT molecular complexity index is 819. The number of aromatic nitrogens is 3. The van der Waals surface area contributed by atoms with Crippen LogP contribution in [0.5, 0.6) is 0 Å². The predicted octanol–water partition coefficient (Wildman–Crippen LogP) is -0.375. The monoisotopic (exact) mass is 387 g/mol. The first-order valence-electron chi connectivity index (χ1n) is 7.50. The van der Waals surface area contributed by atoms with Gasteiger partial charge in [-0.15, -0.1) is 0 Å². The van der Waals surface area contributed by atoms with Crippen molar-refractivity contribution in [1.29, 1.82) is 0 Å². The summed E-state index contributed by atoms with van der Waals surface area (Å²) < 4.78 is 22.2. The van der Waals surface area contributed by atoms with Crippen molar-refractivity contribution in [2.75, 3.05) is 6.61 Å². The molecule has 1 aliphatic heterocycles. The smallest absolute Gasteiger partial charge is 0.303 e. The van der Waals surface area contributed by atoms with Crippen LogP contribution in [0.15, 0.2) is 11.0 Å². The Kier molecular flexibility index (Phi) is 6.21. The second-order valence-electron chi connectivity index (χ2n) is 5.40. The van der Waals surface area contributed by atoms with Gasteiger partial charge in [-0.05, 0) is 12.2 Å². The summed E-state index contributed by atoms with van der Waals surface area (Å²) in [5, 5.41) is 3.86. The summed E-state index contributed by atoms with van der Waals surface area (Å²) in [7, 11) is 0. The Labute approximate surface area is 152 Å². The molecule has 0 aliphatic carbocycles. The Morgan fingerprint density at radius 1 is 1.15 bits per heavy atom. The van der Waals surface area contributed by atoms with E-state index in [1.54, 1.807) is 0 Å². The van der Waals surface area contributed by atoms with Crippen LogP contribution in [-0.2, 0) is 33.3 Å². The van der Waals surface area contributed by atoms with Crippen LogP contribution in [0, 0.1) is 4.77 Å². The van der Waals surface area contributed by atoms with E-state index in [2.05, 4.69) is 10.1 Å². The lowest BCUT2D eigenvalue weighted by molar-refractivity contribution is -0.242. The van der Waals surface area contributed by atoms with E-state index in [9.17, 15) is 19.2 Å². The fourth-order valence-corrected chi connectivity index (χ4v) is 2.73. The molecule has 2 heterocycles. The van der Waals surface area contributed by atoms with Gasteiger partial charge >= 0.3 is 17.9 Å². The minimum Gasteiger partial charge on any atom is -0.456 e. The largest absolute Gasteiger partial charge is 0.456 e. The number of ether oxygens (including phenoxy) is 4. The first-order chi connectivity index (χ1) is 12.2. The summed E-state index contributed by atoms with van der Waals surface area (Å²) >= 11 is 5.04. The van der Waals surface area contributed by atoms with Crippen LogP contribution in [0.1, 0.15) is 27.0 Å². The average Bonchev–Trinajstić information content (AvgIpc) is 2.50. The van der Waals surface area contributed by atoms with E-state index in [-0.39, 0.29) is 11.4 Å². The highest BCUT2D eigenvalue weighted by atomic mass is 32.1. The molecule has 0 radical (unpaired) electrons. The maximum absolute atomic E-state index is 11.5. The number of rotatable bonds is 4. The second-order valence-corrected chi connectivity index (χ2v) is 5.79. The highest BCUT2D eigenvalue weighted by Crippen LogP contribution is 2.30. The van der Waals surface area contributed by atoms with Crippen LogP contribution < -0.4 is 5.56 Å². The van der Waals surface area contributed by atoms with Crippen LogP contribution in [-0.4, -0.2) is 57.6 Å². The van der Waals surface area contributed by atoms with Gasteiger partial charge in [0.15, 0.2) is 29.3 Å². The summed E-state index contributed by atoms with van der Waals surface area (Å²) in [6.45, 7) is 3.31. The van der Waals surface area contributed by atoms with E-state index >= 15 is 0 Å². The topological polar surface area (TPSA) is 139 Å². The molecule has 1 aromatic rings. The molecule has 0 amide bonds. The van der Waals surface area contributed by atoms with E-state index in [0.29, 0.717) is 0 Å². The molecule has 26 heavy (non-hydrogen) atoms. The molecule has 1 fully saturated rings. The molecular weight excluding hydrogens is 370 g/mol. The van der Waals surface area contributed by atoms with E-state index < -0.39 is 48.0 Å². The molecule has 0 spiro atoms. The van der Waals surface area contributed by atoms with Gasteiger partial charge in [-0.25, -0.2) is 4.68 Å². The molecule has 1 aromatic heterocycles. The zero-order chi connectivity index (χ0) is 19.4. The Balaban J connectivity index is 2.46. The van der Waals surface area contributed by atoms with Gasteiger partial charge in [-0.1, -0.05) is 0 Å². The maximum atomic E-state index is 11.5. The number of hydrogen-bond donors (Lipinski definition) is 1. The number of esters is 3. The number of nitrogens with zero attached hydrogens (tertiary/aromatic N) is 2. The molecule has 11 nitrogen and oxygen atoms in total. The van der Waals surface area contributed by atoms with E-state index in [4.69, 9.17) is 31.2 Å². The first-order valence-corrected chi connectivity index (χ1v) is 7.91. The Morgan fingerprint density at radius 2 is 1.73 bits per heavy atom. The van der Waals surface area contributed by atoms with Crippen molar-refractivity contribution in [1.82, 2.24) is 14.8 Å². The molecule has 4 unspecified atom stereocenters. The quantitative estimate of drug-likeness (QED) is 0.413. The van der Waals surface area contributed by atoms with Gasteiger partial charge < -0.3 is 18.9 Å². The molecule has 1 N–H and O–H groups in total. The summed E-state index contributed by atoms with van der Waals surface area (Å²) in [5.41, 5.74) is -0.527. The molecule has 12 heteroatoms.